The quantitative estimate of drug-likeness (QED) is 0.138. The van der Waals surface area contributed by atoms with Crippen molar-refractivity contribution in [2.24, 2.45) is 0 Å². The molecule has 0 atom stereocenters. The molecule has 10 heterocycles. The molecule has 10 rings (SSSR count). The van der Waals surface area contributed by atoms with E-state index in [0.29, 0.717) is 40.2 Å². The highest BCUT2D eigenvalue weighted by Gasteiger charge is 2.23. The van der Waals surface area contributed by atoms with Crippen molar-refractivity contribution in [1.82, 2.24) is 54.9 Å². The molecule has 8 aromatic rings. The number of ether oxygens (including phenoxy) is 4. The molecule has 2 aliphatic heterocycles. The molecule has 0 saturated carbocycles. The molecule has 8 aromatic heterocycles. The lowest BCUT2D eigenvalue weighted by molar-refractivity contribution is 0.153. The van der Waals surface area contributed by atoms with Gasteiger partial charge in [-0.2, -0.15) is 25.1 Å². The molecule has 340 valence electrons. The lowest BCUT2D eigenvalue weighted by atomic mass is 10.0. The smallest absolute Gasteiger partial charge is 0.233 e. The summed E-state index contributed by atoms with van der Waals surface area (Å²) in [6, 6.07) is 22.2. The van der Waals surface area contributed by atoms with E-state index in [0.717, 1.165) is 94.4 Å². The van der Waals surface area contributed by atoms with E-state index in [4.69, 9.17) is 29.2 Å². The highest BCUT2D eigenvalue weighted by molar-refractivity contribution is 9.10. The van der Waals surface area contributed by atoms with Crippen LogP contribution >= 0.6 is 31.9 Å². The number of hydrogen-bond acceptors (Lipinski definition) is 16. The molecule has 2 aliphatic rings. The van der Waals surface area contributed by atoms with Crippen molar-refractivity contribution in [1.29, 1.82) is 10.5 Å². The number of halogens is 3. The Morgan fingerprint density at radius 3 is 1.54 bits per heavy atom. The summed E-state index contributed by atoms with van der Waals surface area (Å²) in [6.45, 7) is 3.69. The minimum atomic E-state index is -0.538. The van der Waals surface area contributed by atoms with E-state index in [1.54, 1.807) is 66.0 Å². The van der Waals surface area contributed by atoms with Gasteiger partial charge in [0.2, 0.25) is 29.5 Å². The van der Waals surface area contributed by atoms with Crippen molar-refractivity contribution < 1.29 is 23.3 Å². The Balaban J connectivity index is 0.000000151. The lowest BCUT2D eigenvalue weighted by Gasteiger charge is -2.32. The molecular weight excluding hydrogens is 991 g/mol. The van der Waals surface area contributed by atoms with E-state index in [1.165, 1.54) is 18.5 Å². The number of hydrogen-bond donors (Lipinski definition) is 1. The Kier molecular flexibility index (Phi) is 15.0. The monoisotopic (exact) mass is 1030 g/mol. The van der Waals surface area contributed by atoms with Gasteiger partial charge >= 0.3 is 0 Å². The molecule has 21 heteroatoms. The van der Waals surface area contributed by atoms with Crippen LogP contribution in [-0.4, -0.2) is 102 Å². The summed E-state index contributed by atoms with van der Waals surface area (Å²) < 4.78 is 39.5. The van der Waals surface area contributed by atoms with Crippen LogP contribution in [0, 0.1) is 28.6 Å². The van der Waals surface area contributed by atoms with Gasteiger partial charge in [0.25, 0.3) is 0 Å². The van der Waals surface area contributed by atoms with Crippen molar-refractivity contribution >= 4 is 48.7 Å². The standard InChI is InChI=1S/C23H20BrN7O2.C13H6BrFN4.C10H15N3O2/c1-32-21-4-5-22(29-28-21)33-18-6-8-30(9-7-18)20-3-2-15(12-26-20)19-10-17(24)14-31-23(19)16(11-25)13-27-31;14-10-3-11(8-1-2-12(15)17-5-8)13-9(4-16)6-18-19(13)7-10;1-14-9-2-3-10(13-12-9)15-8-4-6-11-7-5-8/h2-5,10,12-14,18H,6-9H2,1H3;1-3,5-7H;2-3,8,11H,4-7H2,1H3. The molecule has 1 N–H and O–H groups in total. The van der Waals surface area contributed by atoms with E-state index in [9.17, 15) is 9.65 Å². The van der Waals surface area contributed by atoms with E-state index in [2.05, 4.69) is 89.8 Å². The van der Waals surface area contributed by atoms with Crippen molar-refractivity contribution in [2.75, 3.05) is 45.3 Å². The van der Waals surface area contributed by atoms with Crippen molar-refractivity contribution in [3.8, 4) is 57.9 Å². The molecule has 0 aromatic carbocycles. The van der Waals surface area contributed by atoms with Gasteiger partial charge in [-0.15, -0.1) is 20.4 Å². The number of pyridine rings is 4. The fraction of sp³-hybridized carbons (Fsp3) is 0.261. The number of nitrogens with zero attached hydrogens (tertiary/aromatic N) is 13. The molecule has 2 saturated heterocycles. The minimum Gasteiger partial charge on any atom is -0.480 e. The predicted molar refractivity (Wildman–Crippen MR) is 251 cm³/mol. The van der Waals surface area contributed by atoms with Gasteiger partial charge < -0.3 is 29.2 Å². The summed E-state index contributed by atoms with van der Waals surface area (Å²) in [4.78, 5) is 10.6. The average molecular weight is 1030 g/mol. The Morgan fingerprint density at radius 2 is 1.10 bits per heavy atom. The third kappa shape index (κ3) is 11.4. The second-order valence-corrected chi connectivity index (χ2v) is 16.9. The maximum Gasteiger partial charge on any atom is 0.233 e. The topological polar surface area (TPSA) is 212 Å². The van der Waals surface area contributed by atoms with Gasteiger partial charge in [-0.3, -0.25) is 0 Å². The second kappa shape index (κ2) is 21.8. The maximum atomic E-state index is 12.9. The van der Waals surface area contributed by atoms with Gasteiger partial charge in [0.15, 0.2) is 0 Å². The van der Waals surface area contributed by atoms with E-state index in [1.807, 2.05) is 36.7 Å². The first-order chi connectivity index (χ1) is 32.7. The van der Waals surface area contributed by atoms with Crippen LogP contribution in [-0.2, 0) is 0 Å². The summed E-state index contributed by atoms with van der Waals surface area (Å²) in [6.07, 6.45) is 14.1. The SMILES string of the molecule is COc1ccc(OC2CCN(c3ccc(-c4cc(Br)cn5ncc(C#N)c45)cn3)CC2)nn1.COc1ccc(OC2CCNCC2)nn1.N#Cc1cnn2cc(Br)cc(-c3ccc(F)nc3)c12. The number of nitrogens with one attached hydrogen (secondary N) is 1. The summed E-state index contributed by atoms with van der Waals surface area (Å²) in [7, 11) is 3.12. The lowest BCUT2D eigenvalue weighted by Crippen LogP contribution is -2.38. The molecule has 67 heavy (non-hydrogen) atoms. The summed E-state index contributed by atoms with van der Waals surface area (Å²) in [5, 5.41) is 46.0. The molecule has 0 bridgehead atoms. The highest BCUT2D eigenvalue weighted by Crippen LogP contribution is 2.32. The molecular formula is C46H41Br2FN14O4. The molecule has 0 unspecified atom stereocenters. The number of piperidine rings is 2. The fourth-order valence-electron chi connectivity index (χ4n) is 7.47. The Hall–Kier alpha value is -7.33. The van der Waals surface area contributed by atoms with Crippen molar-refractivity contribution in [2.45, 2.75) is 37.9 Å². The molecule has 0 aliphatic carbocycles. The number of fused-ring (bicyclic) bond motifs is 2. The molecule has 0 spiro atoms. The average Bonchev–Trinajstić information content (AvgIpc) is 3.99. The van der Waals surface area contributed by atoms with Gasteiger partial charge in [-0.1, -0.05) is 0 Å². The van der Waals surface area contributed by atoms with Crippen LogP contribution in [0.3, 0.4) is 0 Å². The number of aromatic nitrogens is 10. The summed E-state index contributed by atoms with van der Waals surface area (Å²) in [5.74, 6) is 2.43. The first kappa shape index (κ1) is 46.2. The normalized spacial score (nSPS) is 13.9. The van der Waals surface area contributed by atoms with Crippen LogP contribution in [0.1, 0.15) is 36.8 Å². The first-order valence-electron chi connectivity index (χ1n) is 21.0. The maximum absolute atomic E-state index is 12.9. The number of nitriles is 2. The predicted octanol–water partition coefficient (Wildman–Crippen LogP) is 7.66. The van der Waals surface area contributed by atoms with Gasteiger partial charge in [0.05, 0.1) is 48.8 Å². The van der Waals surface area contributed by atoms with Crippen LogP contribution in [0.5, 0.6) is 23.5 Å². The Morgan fingerprint density at radius 1 is 0.627 bits per heavy atom. The van der Waals surface area contributed by atoms with Crippen LogP contribution in [0.15, 0.2) is 107 Å². The Bertz CT molecular complexity index is 3000. The van der Waals surface area contributed by atoms with Gasteiger partial charge in [0.1, 0.15) is 30.2 Å². The third-order valence-corrected chi connectivity index (χ3v) is 11.6. The zero-order valence-corrected chi connectivity index (χ0v) is 39.3. The highest BCUT2D eigenvalue weighted by atomic mass is 79.9. The third-order valence-electron chi connectivity index (χ3n) is 10.8. The van der Waals surface area contributed by atoms with E-state index >= 15 is 0 Å². The number of methoxy groups -OCH3 is 2. The summed E-state index contributed by atoms with van der Waals surface area (Å²) >= 11 is 6.91. The van der Waals surface area contributed by atoms with Crippen LogP contribution in [0.2, 0.25) is 0 Å². The minimum absolute atomic E-state index is 0.0874. The number of anilines is 1. The van der Waals surface area contributed by atoms with E-state index in [-0.39, 0.29) is 12.2 Å². The van der Waals surface area contributed by atoms with Gasteiger partial charge in [0, 0.05) is 106 Å². The van der Waals surface area contributed by atoms with Crippen molar-refractivity contribution in [3.05, 3.63) is 124 Å². The molecule has 0 amide bonds. The van der Waals surface area contributed by atoms with Crippen LogP contribution < -0.4 is 29.2 Å². The zero-order valence-electron chi connectivity index (χ0n) is 36.1. The van der Waals surface area contributed by atoms with Crippen molar-refractivity contribution in [3.63, 3.8) is 0 Å². The fourth-order valence-corrected chi connectivity index (χ4v) is 8.31. The van der Waals surface area contributed by atoms with Gasteiger partial charge in [-0.25, -0.2) is 19.0 Å². The van der Waals surface area contributed by atoms with Crippen LogP contribution in [0.4, 0.5) is 10.2 Å². The second-order valence-electron chi connectivity index (χ2n) is 15.0. The largest absolute Gasteiger partial charge is 0.480 e. The summed E-state index contributed by atoms with van der Waals surface area (Å²) in [5.41, 5.74) is 5.79. The first-order valence-corrected chi connectivity index (χ1v) is 22.6. The van der Waals surface area contributed by atoms with Crippen LogP contribution in [0.25, 0.3) is 33.3 Å². The van der Waals surface area contributed by atoms with Gasteiger partial charge in [-0.05, 0) is 94.2 Å². The Labute approximate surface area is 400 Å². The van der Waals surface area contributed by atoms with E-state index < -0.39 is 5.95 Å². The molecule has 18 nitrogen and oxygen atoms in total. The zero-order chi connectivity index (χ0) is 46.7. The molecule has 0 radical (unpaired) electrons. The number of rotatable bonds is 9. The molecule has 2 fully saturated rings.